The number of nitrogens with one attached hydrogen (secondary N) is 1. The van der Waals surface area contributed by atoms with Crippen molar-refractivity contribution in [3.63, 3.8) is 0 Å². The lowest BCUT2D eigenvalue weighted by molar-refractivity contribution is -0.378. The van der Waals surface area contributed by atoms with Gasteiger partial charge in [0.2, 0.25) is 0 Å². The quantitative estimate of drug-likeness (QED) is 0.531. The van der Waals surface area contributed by atoms with Gasteiger partial charge in [-0.1, -0.05) is 54.9 Å². The van der Waals surface area contributed by atoms with Gasteiger partial charge in [-0.2, -0.15) is 0 Å². The molecule has 1 aromatic heterocycles. The van der Waals surface area contributed by atoms with Crippen molar-refractivity contribution in [1.82, 2.24) is 10.5 Å². The molecular weight excluding hydrogens is 384 g/mol. The lowest BCUT2D eigenvalue weighted by Gasteiger charge is -2.18. The second-order valence-corrected chi connectivity index (χ2v) is 7.37. The Bertz CT molecular complexity index is 979. The summed E-state index contributed by atoms with van der Waals surface area (Å²) in [6.07, 6.45) is -0.266. The van der Waals surface area contributed by atoms with E-state index >= 15 is 0 Å². The lowest BCUT2D eigenvalue weighted by atomic mass is 10.1. The van der Waals surface area contributed by atoms with E-state index in [-0.39, 0.29) is 31.4 Å². The van der Waals surface area contributed by atoms with Gasteiger partial charge in [-0.05, 0) is 35.2 Å². The molecule has 7 heteroatoms. The van der Waals surface area contributed by atoms with Crippen molar-refractivity contribution in [2.45, 2.75) is 39.6 Å². The Balaban J connectivity index is 1.64. The van der Waals surface area contributed by atoms with Crippen molar-refractivity contribution in [2.75, 3.05) is 13.2 Å². The normalized spacial score (nSPS) is 13.3. The first kappa shape index (κ1) is 22.0. The number of nitrogens with zero attached hydrogens (tertiary/aromatic N) is 1. The van der Waals surface area contributed by atoms with Crippen LogP contribution in [-0.2, 0) is 18.0 Å². The van der Waals surface area contributed by atoms with Crippen molar-refractivity contribution >= 4 is 16.7 Å². The molecule has 30 heavy (non-hydrogen) atoms. The highest BCUT2D eigenvalue weighted by atomic mass is 16.5. The van der Waals surface area contributed by atoms with Crippen LogP contribution in [0.3, 0.4) is 0 Å². The molecule has 1 amide bonds. The summed E-state index contributed by atoms with van der Waals surface area (Å²) in [4.78, 5) is 12.5. The van der Waals surface area contributed by atoms with E-state index in [0.717, 1.165) is 16.3 Å². The van der Waals surface area contributed by atoms with Crippen LogP contribution in [-0.4, -0.2) is 29.3 Å². The number of fused-ring (bicyclic) bond motifs is 1. The number of aliphatic hydroxyl groups is 1. The number of carbonyl (C=O) groups is 1. The van der Waals surface area contributed by atoms with Crippen molar-refractivity contribution in [2.24, 2.45) is 5.92 Å². The van der Waals surface area contributed by atoms with Gasteiger partial charge in [0.15, 0.2) is 11.5 Å². The standard InChI is InChI=1S/C23H27N2O5/c1-3-16(12-26)11-24-23(28)22-21(15(2)27)20(30-25-22)14-29-13-17-8-9-18-6-4-5-7-19(18)10-17/h4-10,15-16,27H,3,11-14H2,1-2H3,(H,24,28)/q-1/t15?,16-/m0/s1. The van der Waals surface area contributed by atoms with E-state index < -0.39 is 12.0 Å². The van der Waals surface area contributed by atoms with Gasteiger partial charge < -0.3 is 24.8 Å². The minimum atomic E-state index is -0.947. The minimum absolute atomic E-state index is 0.0232. The Hall–Kier alpha value is -2.74. The van der Waals surface area contributed by atoms with Crippen LogP contribution in [0.2, 0.25) is 0 Å². The van der Waals surface area contributed by atoms with Crippen molar-refractivity contribution in [3.05, 3.63) is 65.0 Å². The number of rotatable bonds is 10. The fourth-order valence-corrected chi connectivity index (χ4v) is 3.26. The third kappa shape index (κ3) is 5.24. The number of amides is 1. The van der Waals surface area contributed by atoms with E-state index in [2.05, 4.69) is 22.6 Å². The van der Waals surface area contributed by atoms with Gasteiger partial charge in [-0.25, -0.2) is 0 Å². The maximum absolute atomic E-state index is 12.5. The number of aromatic nitrogens is 1. The topological polar surface area (TPSA) is 108 Å². The van der Waals surface area contributed by atoms with Crippen molar-refractivity contribution < 1.29 is 24.3 Å². The predicted octanol–water partition coefficient (Wildman–Crippen LogP) is 2.71. The predicted molar refractivity (Wildman–Crippen MR) is 111 cm³/mol. The van der Waals surface area contributed by atoms with E-state index in [1.807, 2.05) is 37.3 Å². The zero-order valence-corrected chi connectivity index (χ0v) is 17.3. The van der Waals surface area contributed by atoms with Gasteiger partial charge in [-0.3, -0.25) is 4.79 Å². The molecule has 3 aromatic rings. The average molecular weight is 411 g/mol. The first-order valence-electron chi connectivity index (χ1n) is 10.1. The summed E-state index contributed by atoms with van der Waals surface area (Å²) < 4.78 is 11.0. The van der Waals surface area contributed by atoms with E-state index in [1.165, 1.54) is 0 Å². The summed E-state index contributed by atoms with van der Waals surface area (Å²) in [6, 6.07) is 14.2. The molecule has 0 aliphatic heterocycles. The molecule has 0 aliphatic rings. The Kier molecular flexibility index (Phi) is 7.57. The number of carbonyl (C=O) groups excluding carboxylic acids is 1. The Morgan fingerprint density at radius 1 is 1.23 bits per heavy atom. The zero-order valence-electron chi connectivity index (χ0n) is 17.3. The molecular formula is C23H27N2O5-. The van der Waals surface area contributed by atoms with E-state index in [9.17, 15) is 15.0 Å². The number of benzene rings is 2. The third-order valence-electron chi connectivity index (χ3n) is 5.12. The Morgan fingerprint density at radius 3 is 2.70 bits per heavy atom. The number of hydrogen-bond donors (Lipinski definition) is 2. The van der Waals surface area contributed by atoms with Crippen LogP contribution < -0.4 is 10.4 Å². The number of hydrogen-bond acceptors (Lipinski definition) is 6. The molecule has 0 spiro atoms. The van der Waals surface area contributed by atoms with Gasteiger partial charge in [0.1, 0.15) is 6.61 Å². The molecule has 0 bridgehead atoms. The molecule has 1 heterocycles. The third-order valence-corrected chi connectivity index (χ3v) is 5.12. The highest BCUT2D eigenvalue weighted by molar-refractivity contribution is 5.93. The second kappa shape index (κ2) is 10.3. The first-order chi connectivity index (χ1) is 14.5. The molecule has 2 atom stereocenters. The molecule has 3 rings (SSSR count). The molecule has 0 saturated carbocycles. The van der Waals surface area contributed by atoms with E-state index in [4.69, 9.17) is 9.26 Å². The monoisotopic (exact) mass is 411 g/mol. The maximum atomic E-state index is 12.5. The summed E-state index contributed by atoms with van der Waals surface area (Å²) in [5.41, 5.74) is 1.34. The molecule has 1 unspecified atom stereocenters. The molecule has 160 valence electrons. The van der Waals surface area contributed by atoms with Crippen molar-refractivity contribution in [3.8, 4) is 0 Å². The molecule has 0 aliphatic carbocycles. The van der Waals surface area contributed by atoms with E-state index in [0.29, 0.717) is 24.4 Å². The highest BCUT2D eigenvalue weighted by Gasteiger charge is 2.25. The van der Waals surface area contributed by atoms with Crippen molar-refractivity contribution in [1.29, 1.82) is 0 Å². The maximum Gasteiger partial charge on any atom is 0.273 e. The number of ether oxygens (including phenoxy) is 1. The van der Waals surface area contributed by atoms with E-state index in [1.54, 1.807) is 6.92 Å². The fraction of sp³-hybridized carbons (Fsp3) is 0.391. The highest BCUT2D eigenvalue weighted by Crippen LogP contribution is 2.24. The lowest BCUT2D eigenvalue weighted by Crippen LogP contribution is -2.34. The van der Waals surface area contributed by atoms with Crippen LogP contribution in [0.25, 0.3) is 10.8 Å². The zero-order chi connectivity index (χ0) is 21.5. The van der Waals surface area contributed by atoms with Gasteiger partial charge in [-0.15, -0.1) is 6.61 Å². The van der Waals surface area contributed by atoms with Gasteiger partial charge in [0.05, 0.1) is 18.3 Å². The average Bonchev–Trinajstić information content (AvgIpc) is 3.18. The summed E-state index contributed by atoms with van der Waals surface area (Å²) in [7, 11) is 0. The Morgan fingerprint density at radius 2 is 2.00 bits per heavy atom. The van der Waals surface area contributed by atoms with Crippen LogP contribution in [0.5, 0.6) is 0 Å². The van der Waals surface area contributed by atoms with Gasteiger partial charge in [0, 0.05) is 6.54 Å². The molecule has 0 radical (unpaired) electrons. The SMILES string of the molecule is CC[C@H](C[O-])CNC(=O)c1noc(COCc2ccc3ccccc3c2)c1C(C)O. The summed E-state index contributed by atoms with van der Waals surface area (Å²) in [5, 5.41) is 30.0. The molecule has 0 saturated heterocycles. The first-order valence-corrected chi connectivity index (χ1v) is 10.1. The molecule has 0 fully saturated rings. The second-order valence-electron chi connectivity index (χ2n) is 7.37. The summed E-state index contributed by atoms with van der Waals surface area (Å²) in [6.45, 7) is 3.88. The largest absolute Gasteiger partial charge is 0.854 e. The van der Waals surface area contributed by atoms with Crippen LogP contribution in [0.1, 0.15) is 53.7 Å². The van der Waals surface area contributed by atoms with Crippen LogP contribution in [0.15, 0.2) is 47.0 Å². The fourth-order valence-electron chi connectivity index (χ4n) is 3.26. The van der Waals surface area contributed by atoms with Gasteiger partial charge >= 0.3 is 0 Å². The molecule has 2 aromatic carbocycles. The Labute approximate surface area is 175 Å². The van der Waals surface area contributed by atoms with Crippen LogP contribution in [0.4, 0.5) is 0 Å². The van der Waals surface area contributed by atoms with Gasteiger partial charge in [0.25, 0.3) is 5.91 Å². The summed E-state index contributed by atoms with van der Waals surface area (Å²) >= 11 is 0. The smallest absolute Gasteiger partial charge is 0.273 e. The molecule has 2 N–H and O–H groups in total. The van der Waals surface area contributed by atoms with Crippen LogP contribution >= 0.6 is 0 Å². The van der Waals surface area contributed by atoms with Crippen LogP contribution in [0, 0.1) is 5.92 Å². The minimum Gasteiger partial charge on any atom is -0.854 e. The number of aliphatic hydroxyl groups excluding tert-OH is 1. The molecule has 7 nitrogen and oxygen atoms in total. The summed E-state index contributed by atoms with van der Waals surface area (Å²) in [5.74, 6) is -0.297.